The number of hydrogen-bond acceptors (Lipinski definition) is 5. The van der Waals surface area contributed by atoms with E-state index < -0.39 is 10.0 Å². The van der Waals surface area contributed by atoms with E-state index in [0.29, 0.717) is 18.3 Å². The summed E-state index contributed by atoms with van der Waals surface area (Å²) < 4.78 is 32.0. The van der Waals surface area contributed by atoms with Crippen molar-refractivity contribution < 1.29 is 12.8 Å². The highest BCUT2D eigenvalue weighted by Gasteiger charge is 2.21. The Morgan fingerprint density at radius 2 is 2.00 bits per heavy atom. The van der Waals surface area contributed by atoms with E-state index in [9.17, 15) is 8.42 Å². The van der Waals surface area contributed by atoms with Gasteiger partial charge in [0.2, 0.25) is 5.09 Å². The van der Waals surface area contributed by atoms with Crippen LogP contribution >= 0.6 is 11.8 Å². The van der Waals surface area contributed by atoms with Crippen LogP contribution in [0.1, 0.15) is 26.5 Å². The lowest BCUT2D eigenvalue weighted by Crippen LogP contribution is -2.34. The van der Waals surface area contributed by atoms with Gasteiger partial charge >= 0.3 is 0 Å². The molecule has 0 amide bonds. The first-order valence-corrected chi connectivity index (χ1v) is 9.06. The number of thioether (sulfide) groups is 1. The normalized spacial score (nSPS) is 13.9. The van der Waals surface area contributed by atoms with Crippen LogP contribution in [0.3, 0.4) is 0 Å². The Morgan fingerprint density at radius 3 is 2.58 bits per heavy atom. The van der Waals surface area contributed by atoms with Crippen LogP contribution in [-0.4, -0.2) is 32.5 Å². The highest BCUT2D eigenvalue weighted by Crippen LogP contribution is 2.14. The quantitative estimate of drug-likeness (QED) is 0.766. The van der Waals surface area contributed by atoms with Crippen LogP contribution in [0.2, 0.25) is 0 Å². The van der Waals surface area contributed by atoms with E-state index in [4.69, 9.17) is 4.42 Å². The van der Waals surface area contributed by atoms with Gasteiger partial charge in [-0.15, -0.1) is 0 Å². The monoisotopic (exact) mass is 306 g/mol. The lowest BCUT2D eigenvalue weighted by atomic mass is 10.3. The summed E-state index contributed by atoms with van der Waals surface area (Å²) in [6.45, 7) is 6.39. The molecule has 0 saturated carbocycles. The SMILES string of the molecule is CSCC(C)NS(=O)(=O)c1ccc(CNC(C)C)o1. The van der Waals surface area contributed by atoms with E-state index >= 15 is 0 Å². The third-order valence-electron chi connectivity index (χ3n) is 2.36. The van der Waals surface area contributed by atoms with Gasteiger partial charge in [-0.25, -0.2) is 13.1 Å². The minimum atomic E-state index is -3.56. The molecule has 0 aliphatic rings. The van der Waals surface area contributed by atoms with Crippen LogP contribution in [0, 0.1) is 0 Å². The summed E-state index contributed by atoms with van der Waals surface area (Å²) in [7, 11) is -3.56. The highest BCUT2D eigenvalue weighted by atomic mass is 32.2. The predicted molar refractivity (Wildman–Crippen MR) is 78.8 cm³/mol. The van der Waals surface area contributed by atoms with Gasteiger partial charge < -0.3 is 9.73 Å². The molecule has 2 N–H and O–H groups in total. The zero-order valence-electron chi connectivity index (χ0n) is 11.8. The summed E-state index contributed by atoms with van der Waals surface area (Å²) in [6, 6.07) is 3.38. The predicted octanol–water partition coefficient (Wildman–Crippen LogP) is 1.81. The molecule has 0 bridgehead atoms. The topological polar surface area (TPSA) is 71.3 Å². The van der Waals surface area contributed by atoms with E-state index in [0.717, 1.165) is 5.75 Å². The van der Waals surface area contributed by atoms with Gasteiger partial charge in [-0.05, 0) is 25.3 Å². The summed E-state index contributed by atoms with van der Waals surface area (Å²) in [5, 5.41) is 3.15. The highest BCUT2D eigenvalue weighted by molar-refractivity contribution is 7.98. The Morgan fingerprint density at radius 1 is 1.32 bits per heavy atom. The molecule has 110 valence electrons. The van der Waals surface area contributed by atoms with Gasteiger partial charge in [-0.3, -0.25) is 0 Å². The molecule has 19 heavy (non-hydrogen) atoms. The zero-order valence-corrected chi connectivity index (χ0v) is 13.4. The van der Waals surface area contributed by atoms with Crippen molar-refractivity contribution in [3.63, 3.8) is 0 Å². The minimum absolute atomic E-state index is 0.0268. The molecule has 1 aromatic heterocycles. The lowest BCUT2D eigenvalue weighted by molar-refractivity contribution is 0.392. The number of nitrogens with one attached hydrogen (secondary N) is 2. The van der Waals surface area contributed by atoms with Crippen LogP contribution < -0.4 is 10.0 Å². The maximum absolute atomic E-state index is 12.0. The molecule has 1 unspecified atom stereocenters. The molecule has 1 rings (SSSR count). The van der Waals surface area contributed by atoms with E-state index in [-0.39, 0.29) is 11.1 Å². The summed E-state index contributed by atoms with van der Waals surface area (Å²) in [4.78, 5) is 0. The van der Waals surface area contributed by atoms with E-state index in [1.807, 2.05) is 27.0 Å². The fourth-order valence-electron chi connectivity index (χ4n) is 1.51. The molecule has 1 heterocycles. The van der Waals surface area contributed by atoms with Gasteiger partial charge in [0.1, 0.15) is 5.76 Å². The minimum Gasteiger partial charge on any atom is -0.447 e. The average molecular weight is 306 g/mol. The molecule has 1 atom stereocenters. The first-order valence-electron chi connectivity index (χ1n) is 6.18. The second-order valence-corrected chi connectivity index (χ2v) is 7.29. The Bertz CT molecular complexity index is 483. The standard InChI is InChI=1S/C12H22N2O3S2/c1-9(2)13-7-11-5-6-12(17-11)19(15,16)14-10(3)8-18-4/h5-6,9-10,13-14H,7-8H2,1-4H3. The first kappa shape index (κ1) is 16.6. The second-order valence-electron chi connectivity index (χ2n) is 4.73. The van der Waals surface area contributed by atoms with Gasteiger partial charge in [0, 0.05) is 17.8 Å². The van der Waals surface area contributed by atoms with Gasteiger partial charge in [-0.1, -0.05) is 13.8 Å². The van der Waals surface area contributed by atoms with E-state index in [1.165, 1.54) is 6.07 Å². The number of furan rings is 1. The molecule has 0 spiro atoms. The fourth-order valence-corrected chi connectivity index (χ4v) is 3.39. The lowest BCUT2D eigenvalue weighted by Gasteiger charge is -2.11. The fraction of sp³-hybridized carbons (Fsp3) is 0.667. The first-order chi connectivity index (χ1) is 8.85. The van der Waals surface area contributed by atoms with Crippen molar-refractivity contribution >= 4 is 21.8 Å². The Kier molecular flexibility index (Phi) is 6.38. The third-order valence-corrected chi connectivity index (χ3v) is 4.65. The molecular formula is C12H22N2O3S2. The van der Waals surface area contributed by atoms with Crippen LogP contribution in [0.4, 0.5) is 0 Å². The Balaban J connectivity index is 2.68. The molecule has 7 heteroatoms. The summed E-state index contributed by atoms with van der Waals surface area (Å²) in [5.74, 6) is 1.34. The molecule has 0 saturated heterocycles. The van der Waals surface area contributed by atoms with Crippen LogP contribution in [0.15, 0.2) is 21.6 Å². The summed E-state index contributed by atoms with van der Waals surface area (Å²) in [5.41, 5.74) is 0. The van der Waals surface area contributed by atoms with Gasteiger partial charge in [0.15, 0.2) is 0 Å². The molecule has 0 fully saturated rings. The van der Waals surface area contributed by atoms with Crippen LogP contribution in [0.25, 0.3) is 0 Å². The molecule has 0 radical (unpaired) electrons. The average Bonchev–Trinajstić information content (AvgIpc) is 2.75. The molecular weight excluding hydrogens is 284 g/mol. The maximum Gasteiger partial charge on any atom is 0.274 e. The zero-order chi connectivity index (χ0) is 14.5. The molecule has 0 aliphatic carbocycles. The van der Waals surface area contributed by atoms with Gasteiger partial charge in [-0.2, -0.15) is 11.8 Å². The smallest absolute Gasteiger partial charge is 0.274 e. The van der Waals surface area contributed by atoms with Crippen molar-refractivity contribution in [2.24, 2.45) is 0 Å². The van der Waals surface area contributed by atoms with Crippen molar-refractivity contribution in [3.05, 3.63) is 17.9 Å². The van der Waals surface area contributed by atoms with Gasteiger partial charge in [0.25, 0.3) is 10.0 Å². The van der Waals surface area contributed by atoms with Crippen molar-refractivity contribution in [2.75, 3.05) is 12.0 Å². The summed E-state index contributed by atoms with van der Waals surface area (Å²) in [6.07, 6.45) is 1.94. The number of hydrogen-bond donors (Lipinski definition) is 2. The summed E-state index contributed by atoms with van der Waals surface area (Å²) >= 11 is 1.59. The van der Waals surface area contributed by atoms with Crippen LogP contribution in [0.5, 0.6) is 0 Å². The molecule has 1 aromatic rings. The van der Waals surface area contributed by atoms with E-state index in [2.05, 4.69) is 10.0 Å². The second kappa shape index (κ2) is 7.33. The van der Waals surface area contributed by atoms with E-state index in [1.54, 1.807) is 17.8 Å². The van der Waals surface area contributed by atoms with Gasteiger partial charge in [0.05, 0.1) is 6.54 Å². The maximum atomic E-state index is 12.0. The largest absolute Gasteiger partial charge is 0.447 e. The van der Waals surface area contributed by atoms with Crippen molar-refractivity contribution in [1.82, 2.24) is 10.0 Å². The van der Waals surface area contributed by atoms with Crippen molar-refractivity contribution in [3.8, 4) is 0 Å². The third kappa shape index (κ3) is 5.56. The Labute approximate surface area is 119 Å². The van der Waals surface area contributed by atoms with Crippen molar-refractivity contribution in [1.29, 1.82) is 0 Å². The van der Waals surface area contributed by atoms with Crippen molar-refractivity contribution in [2.45, 2.75) is 44.5 Å². The molecule has 0 aromatic carbocycles. The number of rotatable bonds is 8. The van der Waals surface area contributed by atoms with Crippen LogP contribution in [-0.2, 0) is 16.6 Å². The number of sulfonamides is 1. The molecule has 5 nitrogen and oxygen atoms in total. The Hall–Kier alpha value is -0.500. The molecule has 0 aliphatic heterocycles.